The van der Waals surface area contributed by atoms with Crippen molar-refractivity contribution in [2.45, 2.75) is 26.3 Å². The van der Waals surface area contributed by atoms with Crippen LogP contribution in [0.5, 0.6) is 11.5 Å². The van der Waals surface area contributed by atoms with Crippen LogP contribution in [0, 0.1) is 0 Å². The third-order valence-electron chi connectivity index (χ3n) is 2.64. The number of rotatable bonds is 7. The molecule has 0 saturated heterocycles. The Hall–Kier alpha value is -2.24. The van der Waals surface area contributed by atoms with E-state index in [0.717, 1.165) is 5.56 Å². The van der Waals surface area contributed by atoms with E-state index in [4.69, 9.17) is 14.6 Å². The molecule has 6 nitrogen and oxygen atoms in total. The average molecular weight is 281 g/mol. The van der Waals surface area contributed by atoms with Gasteiger partial charge in [0.1, 0.15) is 6.04 Å². The summed E-state index contributed by atoms with van der Waals surface area (Å²) in [6.45, 7) is 3.62. The summed E-state index contributed by atoms with van der Waals surface area (Å²) >= 11 is 0. The van der Waals surface area contributed by atoms with Gasteiger partial charge in [0, 0.05) is 13.3 Å². The molecule has 0 fully saturated rings. The van der Waals surface area contributed by atoms with Crippen molar-refractivity contribution in [3.05, 3.63) is 23.8 Å². The van der Waals surface area contributed by atoms with E-state index in [1.165, 1.54) is 14.0 Å². The maximum atomic E-state index is 11.1. The van der Waals surface area contributed by atoms with Gasteiger partial charge in [-0.1, -0.05) is 6.07 Å². The van der Waals surface area contributed by atoms with Crippen LogP contribution in [0.15, 0.2) is 18.2 Å². The lowest BCUT2D eigenvalue weighted by Crippen LogP contribution is -2.41. The first-order chi connectivity index (χ1) is 9.47. The van der Waals surface area contributed by atoms with E-state index < -0.39 is 12.0 Å². The second-order valence-electron chi connectivity index (χ2n) is 4.21. The van der Waals surface area contributed by atoms with Gasteiger partial charge in [0.05, 0.1) is 13.7 Å². The number of methoxy groups -OCH3 is 1. The van der Waals surface area contributed by atoms with Gasteiger partial charge in [-0.25, -0.2) is 4.79 Å². The summed E-state index contributed by atoms with van der Waals surface area (Å²) < 4.78 is 10.6. The fraction of sp³-hybridized carbons (Fsp3) is 0.429. The minimum atomic E-state index is -1.08. The highest BCUT2D eigenvalue weighted by Crippen LogP contribution is 2.28. The van der Waals surface area contributed by atoms with E-state index >= 15 is 0 Å². The number of hydrogen-bond acceptors (Lipinski definition) is 4. The van der Waals surface area contributed by atoms with Crippen molar-refractivity contribution < 1.29 is 24.2 Å². The van der Waals surface area contributed by atoms with Crippen LogP contribution in [0.1, 0.15) is 19.4 Å². The smallest absolute Gasteiger partial charge is 0.326 e. The number of nitrogens with one attached hydrogen (secondary N) is 1. The fourth-order valence-electron chi connectivity index (χ4n) is 1.80. The van der Waals surface area contributed by atoms with Crippen LogP contribution in [-0.4, -0.2) is 36.7 Å². The molecular weight excluding hydrogens is 262 g/mol. The van der Waals surface area contributed by atoms with Crippen molar-refractivity contribution in [2.75, 3.05) is 13.7 Å². The molecule has 1 atom stereocenters. The highest BCUT2D eigenvalue weighted by molar-refractivity contribution is 5.82. The van der Waals surface area contributed by atoms with Gasteiger partial charge in [-0.05, 0) is 24.6 Å². The zero-order valence-corrected chi connectivity index (χ0v) is 11.8. The molecule has 0 aliphatic rings. The van der Waals surface area contributed by atoms with Gasteiger partial charge in [-0.3, -0.25) is 4.79 Å². The Morgan fingerprint density at radius 3 is 2.55 bits per heavy atom. The maximum Gasteiger partial charge on any atom is 0.326 e. The summed E-state index contributed by atoms with van der Waals surface area (Å²) in [6, 6.07) is 4.22. The Morgan fingerprint density at radius 2 is 2.05 bits per heavy atom. The first-order valence-corrected chi connectivity index (χ1v) is 6.27. The quantitative estimate of drug-likeness (QED) is 0.785. The zero-order valence-electron chi connectivity index (χ0n) is 11.8. The normalized spacial score (nSPS) is 11.6. The summed E-state index contributed by atoms with van der Waals surface area (Å²) in [5.41, 5.74) is 0.746. The highest BCUT2D eigenvalue weighted by Gasteiger charge is 2.19. The molecule has 0 saturated carbocycles. The number of carboxylic acids is 1. The van der Waals surface area contributed by atoms with E-state index in [2.05, 4.69) is 5.32 Å². The molecule has 0 radical (unpaired) electrons. The maximum absolute atomic E-state index is 11.1. The largest absolute Gasteiger partial charge is 0.493 e. The molecular formula is C14H19NO5. The summed E-state index contributed by atoms with van der Waals surface area (Å²) in [4.78, 5) is 22.1. The van der Waals surface area contributed by atoms with Crippen molar-refractivity contribution in [2.24, 2.45) is 0 Å². The molecule has 2 N–H and O–H groups in total. The minimum absolute atomic E-state index is 0.180. The van der Waals surface area contributed by atoms with Gasteiger partial charge in [0.25, 0.3) is 0 Å². The molecule has 110 valence electrons. The number of carbonyl (C=O) groups excluding carboxylic acids is 1. The molecule has 0 heterocycles. The lowest BCUT2D eigenvalue weighted by atomic mass is 10.1. The molecule has 0 aliphatic heterocycles. The monoisotopic (exact) mass is 281 g/mol. The van der Waals surface area contributed by atoms with Crippen molar-refractivity contribution in [1.29, 1.82) is 0 Å². The van der Waals surface area contributed by atoms with E-state index in [1.807, 2.05) is 6.92 Å². The number of carboxylic acid groups (broad SMARTS) is 1. The van der Waals surface area contributed by atoms with Crippen molar-refractivity contribution >= 4 is 11.9 Å². The molecule has 20 heavy (non-hydrogen) atoms. The van der Waals surface area contributed by atoms with E-state index in [-0.39, 0.29) is 12.3 Å². The SMILES string of the molecule is CCOc1cc(C[C@H](NC(C)=O)C(=O)O)ccc1OC. The van der Waals surface area contributed by atoms with Crippen molar-refractivity contribution in [3.8, 4) is 11.5 Å². The molecule has 0 aromatic heterocycles. The van der Waals surface area contributed by atoms with Gasteiger partial charge in [-0.15, -0.1) is 0 Å². The molecule has 1 aromatic carbocycles. The minimum Gasteiger partial charge on any atom is -0.493 e. The molecule has 1 amide bonds. The summed E-state index contributed by atoms with van der Waals surface area (Å²) in [5.74, 6) is -0.314. The third-order valence-corrected chi connectivity index (χ3v) is 2.64. The number of amides is 1. The average Bonchev–Trinajstić information content (AvgIpc) is 2.38. The second-order valence-corrected chi connectivity index (χ2v) is 4.21. The topological polar surface area (TPSA) is 84.9 Å². The number of ether oxygens (including phenoxy) is 2. The van der Waals surface area contributed by atoms with Gasteiger partial charge in [-0.2, -0.15) is 0 Å². The van der Waals surface area contributed by atoms with Crippen LogP contribution in [-0.2, 0) is 16.0 Å². The molecule has 0 aliphatic carbocycles. The first-order valence-electron chi connectivity index (χ1n) is 6.27. The zero-order chi connectivity index (χ0) is 15.1. The number of benzene rings is 1. The number of hydrogen-bond donors (Lipinski definition) is 2. The van der Waals surface area contributed by atoms with Gasteiger partial charge in [0.15, 0.2) is 11.5 Å². The predicted molar refractivity (Wildman–Crippen MR) is 73.1 cm³/mol. The van der Waals surface area contributed by atoms with Crippen LogP contribution < -0.4 is 14.8 Å². The van der Waals surface area contributed by atoms with Crippen molar-refractivity contribution in [1.82, 2.24) is 5.32 Å². The van der Waals surface area contributed by atoms with Gasteiger partial charge >= 0.3 is 5.97 Å². The Morgan fingerprint density at radius 1 is 1.35 bits per heavy atom. The fourth-order valence-corrected chi connectivity index (χ4v) is 1.80. The van der Waals surface area contributed by atoms with Crippen LogP contribution in [0.4, 0.5) is 0 Å². The summed E-state index contributed by atoms with van der Waals surface area (Å²) in [6.07, 6.45) is 0.180. The molecule has 0 bridgehead atoms. The Bertz CT molecular complexity index is 486. The van der Waals surface area contributed by atoms with E-state index in [0.29, 0.717) is 18.1 Å². The predicted octanol–water partition coefficient (Wildman–Crippen LogP) is 1.23. The van der Waals surface area contributed by atoms with Crippen LogP contribution in [0.3, 0.4) is 0 Å². The second kappa shape index (κ2) is 7.37. The molecule has 0 spiro atoms. The lowest BCUT2D eigenvalue weighted by molar-refractivity contribution is -0.141. The van der Waals surface area contributed by atoms with Crippen LogP contribution >= 0.6 is 0 Å². The van der Waals surface area contributed by atoms with E-state index in [1.54, 1.807) is 18.2 Å². The molecule has 0 unspecified atom stereocenters. The van der Waals surface area contributed by atoms with Crippen molar-refractivity contribution in [3.63, 3.8) is 0 Å². The number of carbonyl (C=O) groups is 2. The first kappa shape index (κ1) is 15.8. The third kappa shape index (κ3) is 4.46. The number of aliphatic carboxylic acids is 1. The molecule has 1 aromatic rings. The molecule has 1 rings (SSSR count). The summed E-state index contributed by atoms with van der Waals surface area (Å²) in [5, 5.41) is 11.5. The van der Waals surface area contributed by atoms with Gasteiger partial charge < -0.3 is 19.9 Å². The molecule has 6 heteroatoms. The Kier molecular flexibility index (Phi) is 5.83. The van der Waals surface area contributed by atoms with Crippen LogP contribution in [0.25, 0.3) is 0 Å². The highest BCUT2D eigenvalue weighted by atomic mass is 16.5. The Balaban J connectivity index is 2.92. The van der Waals surface area contributed by atoms with Crippen LogP contribution in [0.2, 0.25) is 0 Å². The Labute approximate surface area is 117 Å². The summed E-state index contributed by atoms with van der Waals surface area (Å²) in [7, 11) is 1.54. The van der Waals surface area contributed by atoms with E-state index in [9.17, 15) is 9.59 Å². The lowest BCUT2D eigenvalue weighted by Gasteiger charge is -2.15. The standard InChI is InChI=1S/C14H19NO5/c1-4-20-13-8-10(5-6-12(13)19-3)7-11(14(17)18)15-9(2)16/h5-6,8,11H,4,7H2,1-3H3,(H,15,16)(H,17,18)/t11-/m0/s1. The van der Waals surface area contributed by atoms with Gasteiger partial charge in [0.2, 0.25) is 5.91 Å².